The lowest BCUT2D eigenvalue weighted by Crippen LogP contribution is -2.38. The Morgan fingerprint density at radius 2 is 2.04 bits per heavy atom. The third-order valence-corrected chi connectivity index (χ3v) is 4.93. The predicted octanol–water partition coefficient (Wildman–Crippen LogP) is 2.28. The van der Waals surface area contributed by atoms with Crippen LogP contribution in [-0.2, 0) is 4.79 Å². The summed E-state index contributed by atoms with van der Waals surface area (Å²) in [7, 11) is 0. The number of nitrogens with zero attached hydrogens (tertiary/aromatic N) is 6. The molecule has 10 heteroatoms. The van der Waals surface area contributed by atoms with Gasteiger partial charge < -0.3 is 10.2 Å². The molecule has 4 rings (SSSR count). The molecule has 1 aromatic carbocycles. The van der Waals surface area contributed by atoms with Crippen LogP contribution in [0.25, 0.3) is 5.65 Å². The Hall–Kier alpha value is -2.62. The number of hydrogen-bond acceptors (Lipinski definition) is 6. The minimum Gasteiger partial charge on any atom is -0.355 e. The van der Waals surface area contributed by atoms with Crippen LogP contribution in [0.2, 0.25) is 0 Å². The first-order valence-electron chi connectivity index (χ1n) is 8.16. The number of hydrogen-bond donors (Lipinski definition) is 1. The summed E-state index contributed by atoms with van der Waals surface area (Å²) in [6.07, 6.45) is 1.33. The standard InChI is InChI=1S/C16H15BrFN7O/c17-11-1-2-13(12(18)9-11)19-16(26)10-5-7-24(8-6-10)15-4-3-14-20-22-23-25(14)21-15/h1-4,9-10H,5-8H2,(H,19,26). The van der Waals surface area contributed by atoms with Crippen LogP contribution in [0.4, 0.5) is 15.9 Å². The molecule has 3 aromatic rings. The molecule has 0 saturated carbocycles. The van der Waals surface area contributed by atoms with Gasteiger partial charge in [0.05, 0.1) is 5.69 Å². The Morgan fingerprint density at radius 3 is 2.81 bits per heavy atom. The van der Waals surface area contributed by atoms with Crippen molar-refractivity contribution in [2.45, 2.75) is 12.8 Å². The van der Waals surface area contributed by atoms with Gasteiger partial charge >= 0.3 is 0 Å². The number of carbonyl (C=O) groups excluding carboxylic acids is 1. The van der Waals surface area contributed by atoms with Gasteiger partial charge in [0.15, 0.2) is 11.5 Å². The predicted molar refractivity (Wildman–Crippen MR) is 96.2 cm³/mol. The summed E-state index contributed by atoms with van der Waals surface area (Å²) in [5.41, 5.74) is 0.783. The highest BCUT2D eigenvalue weighted by molar-refractivity contribution is 9.10. The minimum atomic E-state index is -0.455. The number of rotatable bonds is 3. The number of anilines is 2. The highest BCUT2D eigenvalue weighted by atomic mass is 79.9. The zero-order valence-electron chi connectivity index (χ0n) is 13.6. The van der Waals surface area contributed by atoms with Gasteiger partial charge in [-0.2, -0.15) is 0 Å². The average Bonchev–Trinajstić information content (AvgIpc) is 3.12. The molecule has 0 spiro atoms. The van der Waals surface area contributed by atoms with E-state index in [1.807, 2.05) is 6.07 Å². The lowest BCUT2D eigenvalue weighted by Gasteiger charge is -2.31. The third kappa shape index (κ3) is 3.36. The lowest BCUT2D eigenvalue weighted by molar-refractivity contribution is -0.120. The van der Waals surface area contributed by atoms with Crippen molar-refractivity contribution in [1.29, 1.82) is 0 Å². The summed E-state index contributed by atoms with van der Waals surface area (Å²) in [6, 6.07) is 8.25. The number of halogens is 2. The zero-order chi connectivity index (χ0) is 18.1. The molecule has 1 fully saturated rings. The van der Waals surface area contributed by atoms with E-state index in [0.717, 1.165) is 5.82 Å². The highest BCUT2D eigenvalue weighted by Crippen LogP contribution is 2.25. The van der Waals surface area contributed by atoms with Crippen LogP contribution < -0.4 is 10.2 Å². The van der Waals surface area contributed by atoms with Gasteiger partial charge in [-0.05, 0) is 53.6 Å². The minimum absolute atomic E-state index is 0.158. The van der Waals surface area contributed by atoms with Gasteiger partial charge in [0.1, 0.15) is 5.82 Å². The van der Waals surface area contributed by atoms with Gasteiger partial charge in [0.2, 0.25) is 5.91 Å². The van der Waals surface area contributed by atoms with Crippen LogP contribution in [0.1, 0.15) is 12.8 Å². The molecule has 1 aliphatic rings. The topological polar surface area (TPSA) is 88.3 Å². The molecule has 0 aliphatic carbocycles. The molecule has 0 radical (unpaired) electrons. The van der Waals surface area contributed by atoms with Crippen molar-refractivity contribution in [1.82, 2.24) is 25.3 Å². The fourth-order valence-corrected chi connectivity index (χ4v) is 3.34. The molecule has 2 aromatic heterocycles. The Labute approximate surface area is 156 Å². The van der Waals surface area contributed by atoms with E-state index in [1.54, 1.807) is 18.2 Å². The molecule has 1 N–H and O–H groups in total. The monoisotopic (exact) mass is 419 g/mol. The second kappa shape index (κ2) is 6.94. The molecular weight excluding hydrogens is 405 g/mol. The lowest BCUT2D eigenvalue weighted by atomic mass is 9.96. The summed E-state index contributed by atoms with van der Waals surface area (Å²) >= 11 is 3.20. The van der Waals surface area contributed by atoms with Crippen LogP contribution in [0.15, 0.2) is 34.8 Å². The molecule has 26 heavy (non-hydrogen) atoms. The highest BCUT2D eigenvalue weighted by Gasteiger charge is 2.26. The molecule has 1 saturated heterocycles. The van der Waals surface area contributed by atoms with Crippen LogP contribution in [0.3, 0.4) is 0 Å². The van der Waals surface area contributed by atoms with Crippen molar-refractivity contribution in [3.63, 3.8) is 0 Å². The first-order valence-corrected chi connectivity index (χ1v) is 8.96. The Kier molecular flexibility index (Phi) is 4.49. The van der Waals surface area contributed by atoms with Crippen molar-refractivity contribution >= 4 is 39.0 Å². The van der Waals surface area contributed by atoms with Crippen molar-refractivity contribution in [3.8, 4) is 0 Å². The molecular formula is C16H15BrFN7O. The van der Waals surface area contributed by atoms with E-state index in [9.17, 15) is 9.18 Å². The van der Waals surface area contributed by atoms with Crippen molar-refractivity contribution in [3.05, 3.63) is 40.6 Å². The van der Waals surface area contributed by atoms with E-state index >= 15 is 0 Å². The van der Waals surface area contributed by atoms with E-state index < -0.39 is 5.82 Å². The normalized spacial score (nSPS) is 15.4. The van der Waals surface area contributed by atoms with E-state index in [2.05, 4.69) is 46.8 Å². The van der Waals surface area contributed by atoms with Crippen LogP contribution in [-0.4, -0.2) is 44.3 Å². The van der Waals surface area contributed by atoms with Gasteiger partial charge in [-0.15, -0.1) is 14.8 Å². The SMILES string of the molecule is O=C(Nc1ccc(Br)cc1F)C1CCN(c2ccc3nnnn3n2)CC1. The second-order valence-corrected chi connectivity index (χ2v) is 7.01. The maximum absolute atomic E-state index is 13.9. The van der Waals surface area contributed by atoms with Gasteiger partial charge in [0, 0.05) is 23.5 Å². The quantitative estimate of drug-likeness (QED) is 0.700. The van der Waals surface area contributed by atoms with Gasteiger partial charge in [-0.25, -0.2) is 4.39 Å². The number of fused-ring (bicyclic) bond motifs is 1. The number of benzene rings is 1. The largest absolute Gasteiger partial charge is 0.355 e. The zero-order valence-corrected chi connectivity index (χ0v) is 15.2. The average molecular weight is 420 g/mol. The second-order valence-electron chi connectivity index (χ2n) is 6.09. The Morgan fingerprint density at radius 1 is 1.23 bits per heavy atom. The molecule has 134 valence electrons. The summed E-state index contributed by atoms with van der Waals surface area (Å²) in [5.74, 6) is -0.00691. The molecule has 0 unspecified atom stereocenters. The molecule has 8 nitrogen and oxygen atoms in total. The molecule has 1 aliphatic heterocycles. The summed E-state index contributed by atoms with van der Waals surface area (Å²) in [5, 5.41) is 18.2. The van der Waals surface area contributed by atoms with E-state index in [0.29, 0.717) is 36.1 Å². The summed E-state index contributed by atoms with van der Waals surface area (Å²) in [6.45, 7) is 1.36. The van der Waals surface area contributed by atoms with Crippen LogP contribution >= 0.6 is 15.9 Å². The van der Waals surface area contributed by atoms with Crippen LogP contribution in [0.5, 0.6) is 0 Å². The first-order chi connectivity index (χ1) is 12.6. The molecule has 3 heterocycles. The van der Waals surface area contributed by atoms with Crippen molar-refractivity contribution < 1.29 is 9.18 Å². The number of nitrogens with one attached hydrogen (secondary N) is 1. The van der Waals surface area contributed by atoms with Gasteiger partial charge in [-0.3, -0.25) is 4.79 Å². The van der Waals surface area contributed by atoms with Crippen molar-refractivity contribution in [2.75, 3.05) is 23.3 Å². The van der Waals surface area contributed by atoms with E-state index in [4.69, 9.17) is 0 Å². The fraction of sp³-hybridized carbons (Fsp3) is 0.312. The van der Waals surface area contributed by atoms with Crippen LogP contribution in [0, 0.1) is 11.7 Å². The molecule has 1 amide bonds. The van der Waals surface area contributed by atoms with Gasteiger partial charge in [0.25, 0.3) is 0 Å². The van der Waals surface area contributed by atoms with E-state index in [-0.39, 0.29) is 17.5 Å². The van der Waals surface area contributed by atoms with E-state index in [1.165, 1.54) is 10.7 Å². The smallest absolute Gasteiger partial charge is 0.227 e. The maximum Gasteiger partial charge on any atom is 0.227 e. The number of carbonyl (C=O) groups is 1. The third-order valence-electron chi connectivity index (χ3n) is 4.43. The Balaban J connectivity index is 1.38. The number of aromatic nitrogens is 5. The summed E-state index contributed by atoms with van der Waals surface area (Å²) in [4.78, 5) is 14.5. The first kappa shape index (κ1) is 16.8. The molecule has 0 atom stereocenters. The molecule has 0 bridgehead atoms. The summed E-state index contributed by atoms with van der Waals surface area (Å²) < 4.78 is 15.9. The fourth-order valence-electron chi connectivity index (χ4n) is 3.01. The number of tetrazole rings is 1. The maximum atomic E-state index is 13.9. The van der Waals surface area contributed by atoms with Crippen molar-refractivity contribution in [2.24, 2.45) is 5.92 Å². The number of amides is 1. The Bertz CT molecular complexity index is 955. The van der Waals surface area contributed by atoms with Gasteiger partial charge in [-0.1, -0.05) is 15.9 Å². The number of piperidine rings is 1.